The molecule has 0 fully saturated rings. The van der Waals surface area contributed by atoms with Gasteiger partial charge in [-0.15, -0.1) is 0 Å². The minimum atomic E-state index is -0.428. The van der Waals surface area contributed by atoms with E-state index in [9.17, 15) is 9.59 Å². The Labute approximate surface area is 98.8 Å². The summed E-state index contributed by atoms with van der Waals surface area (Å²) in [6.45, 7) is 3.58. The van der Waals surface area contributed by atoms with Crippen LogP contribution in [0, 0.1) is 0 Å². The van der Waals surface area contributed by atoms with Crippen LogP contribution < -0.4 is 0 Å². The van der Waals surface area contributed by atoms with Crippen molar-refractivity contribution in [2.24, 2.45) is 0 Å². The first-order valence-electron chi connectivity index (χ1n) is 5.42. The molecule has 0 atom stereocenters. The lowest BCUT2D eigenvalue weighted by molar-refractivity contribution is 0.101. The minimum absolute atomic E-state index is 0.0245. The van der Waals surface area contributed by atoms with Gasteiger partial charge in [-0.1, -0.05) is 12.1 Å². The maximum atomic E-state index is 11.7. The number of ether oxygens (including phenoxy) is 1. The number of nitrogens with zero attached hydrogens (tertiary/aromatic N) is 1. The number of carbonyl (C=O) groups is 2. The number of benzene rings is 1. The van der Waals surface area contributed by atoms with Crippen molar-refractivity contribution in [3.05, 3.63) is 36.0 Å². The monoisotopic (exact) mass is 231 g/mol. The zero-order valence-electron chi connectivity index (χ0n) is 9.77. The van der Waals surface area contributed by atoms with Crippen molar-refractivity contribution in [1.29, 1.82) is 0 Å². The second kappa shape index (κ2) is 4.41. The Morgan fingerprint density at radius 2 is 2.06 bits per heavy atom. The molecule has 0 saturated heterocycles. The molecule has 1 aromatic heterocycles. The fourth-order valence-electron chi connectivity index (χ4n) is 1.70. The normalized spacial score (nSPS) is 10.5. The van der Waals surface area contributed by atoms with Crippen LogP contribution in [0.1, 0.15) is 24.2 Å². The number of ketones is 1. The van der Waals surface area contributed by atoms with E-state index < -0.39 is 6.09 Å². The Morgan fingerprint density at radius 1 is 1.29 bits per heavy atom. The van der Waals surface area contributed by atoms with Crippen LogP contribution >= 0.6 is 0 Å². The summed E-state index contributed by atoms with van der Waals surface area (Å²) >= 11 is 0. The molecule has 0 unspecified atom stereocenters. The van der Waals surface area contributed by atoms with Gasteiger partial charge in [0.05, 0.1) is 12.1 Å². The Morgan fingerprint density at radius 3 is 2.71 bits per heavy atom. The van der Waals surface area contributed by atoms with E-state index >= 15 is 0 Å². The van der Waals surface area contributed by atoms with Gasteiger partial charge in [0.15, 0.2) is 5.78 Å². The number of hydrogen-bond donors (Lipinski definition) is 0. The van der Waals surface area contributed by atoms with Gasteiger partial charge in [-0.25, -0.2) is 4.79 Å². The predicted octanol–water partition coefficient (Wildman–Crippen LogP) is 2.85. The maximum absolute atomic E-state index is 11.7. The number of aromatic nitrogens is 1. The molecule has 0 aliphatic rings. The van der Waals surface area contributed by atoms with Crippen molar-refractivity contribution < 1.29 is 14.3 Å². The van der Waals surface area contributed by atoms with Crippen molar-refractivity contribution in [3.8, 4) is 0 Å². The third kappa shape index (κ3) is 2.06. The molecule has 88 valence electrons. The molecule has 4 nitrogen and oxygen atoms in total. The van der Waals surface area contributed by atoms with Crippen LogP contribution in [-0.4, -0.2) is 23.1 Å². The van der Waals surface area contributed by atoms with E-state index in [0.29, 0.717) is 17.7 Å². The van der Waals surface area contributed by atoms with Crippen LogP contribution in [0.3, 0.4) is 0 Å². The highest BCUT2D eigenvalue weighted by Crippen LogP contribution is 2.18. The average Bonchev–Trinajstić information content (AvgIpc) is 2.71. The smallest absolute Gasteiger partial charge is 0.418 e. The average molecular weight is 231 g/mol. The van der Waals surface area contributed by atoms with E-state index in [2.05, 4.69) is 0 Å². The number of rotatable bonds is 2. The van der Waals surface area contributed by atoms with Gasteiger partial charge in [0.1, 0.15) is 0 Å². The summed E-state index contributed by atoms with van der Waals surface area (Å²) in [7, 11) is 0. The summed E-state index contributed by atoms with van der Waals surface area (Å²) < 4.78 is 6.34. The summed E-state index contributed by atoms with van der Waals surface area (Å²) in [6, 6.07) is 7.09. The molecule has 0 radical (unpaired) electrons. The van der Waals surface area contributed by atoms with Gasteiger partial charge in [-0.2, -0.15) is 0 Å². The van der Waals surface area contributed by atoms with Crippen LogP contribution in [0.5, 0.6) is 0 Å². The van der Waals surface area contributed by atoms with Crippen LogP contribution in [0.15, 0.2) is 30.5 Å². The molecular formula is C13H13NO3. The molecule has 4 heteroatoms. The second-order valence-corrected chi connectivity index (χ2v) is 3.71. The third-order valence-corrected chi connectivity index (χ3v) is 2.56. The quantitative estimate of drug-likeness (QED) is 0.747. The van der Waals surface area contributed by atoms with Crippen molar-refractivity contribution in [2.45, 2.75) is 13.8 Å². The largest absolute Gasteiger partial charge is 0.449 e. The van der Waals surface area contributed by atoms with Crippen LogP contribution in [0.4, 0.5) is 4.79 Å². The van der Waals surface area contributed by atoms with Gasteiger partial charge in [-0.3, -0.25) is 9.36 Å². The second-order valence-electron chi connectivity index (χ2n) is 3.71. The highest BCUT2D eigenvalue weighted by atomic mass is 16.5. The van der Waals surface area contributed by atoms with Crippen molar-refractivity contribution in [1.82, 2.24) is 4.57 Å². The summed E-state index contributed by atoms with van der Waals surface area (Å²) in [5.41, 5.74) is 1.28. The first-order chi connectivity index (χ1) is 8.13. The van der Waals surface area contributed by atoms with Crippen molar-refractivity contribution in [3.63, 3.8) is 0 Å². The molecule has 0 amide bonds. The van der Waals surface area contributed by atoms with Gasteiger partial charge < -0.3 is 4.74 Å². The topological polar surface area (TPSA) is 48.3 Å². The SMILES string of the molecule is CCOC(=O)n1ccc2ccc(C(C)=O)cc21. The van der Waals surface area contributed by atoms with Crippen molar-refractivity contribution >= 4 is 22.8 Å². The Kier molecular flexibility index (Phi) is 2.95. The van der Waals surface area contributed by atoms with Crippen LogP contribution in [-0.2, 0) is 4.74 Å². The van der Waals surface area contributed by atoms with Gasteiger partial charge in [-0.05, 0) is 26.0 Å². The van der Waals surface area contributed by atoms with Gasteiger partial charge in [0, 0.05) is 17.1 Å². The zero-order valence-corrected chi connectivity index (χ0v) is 9.77. The Hall–Kier alpha value is -2.10. The highest BCUT2D eigenvalue weighted by Gasteiger charge is 2.10. The molecule has 2 rings (SSSR count). The first-order valence-corrected chi connectivity index (χ1v) is 5.42. The highest BCUT2D eigenvalue weighted by molar-refractivity contribution is 5.99. The van der Waals surface area contributed by atoms with E-state index in [1.165, 1.54) is 11.5 Å². The number of fused-ring (bicyclic) bond motifs is 1. The molecule has 17 heavy (non-hydrogen) atoms. The zero-order chi connectivity index (χ0) is 12.4. The van der Waals surface area contributed by atoms with E-state index in [4.69, 9.17) is 4.74 Å². The van der Waals surface area contributed by atoms with E-state index in [1.54, 1.807) is 25.3 Å². The fourth-order valence-corrected chi connectivity index (χ4v) is 1.70. The predicted molar refractivity (Wildman–Crippen MR) is 64.4 cm³/mol. The summed E-state index contributed by atoms with van der Waals surface area (Å²) in [4.78, 5) is 22.9. The number of Topliss-reactive ketones (excluding diaryl/α,β-unsaturated/α-hetero) is 1. The van der Waals surface area contributed by atoms with Crippen LogP contribution in [0.2, 0.25) is 0 Å². The molecule has 0 N–H and O–H groups in total. The van der Waals surface area contributed by atoms with Gasteiger partial charge in [0.2, 0.25) is 0 Å². The molecule has 1 heterocycles. The number of carbonyl (C=O) groups excluding carboxylic acids is 2. The summed E-state index contributed by atoms with van der Waals surface area (Å²) in [5.74, 6) is -0.0245. The lowest BCUT2D eigenvalue weighted by atomic mass is 10.1. The molecular weight excluding hydrogens is 218 g/mol. The fraction of sp³-hybridized carbons (Fsp3) is 0.231. The molecule has 0 bridgehead atoms. The molecule has 0 aliphatic heterocycles. The summed E-state index contributed by atoms with van der Waals surface area (Å²) in [6.07, 6.45) is 1.22. The Bertz CT molecular complexity index is 583. The molecule has 0 spiro atoms. The third-order valence-electron chi connectivity index (χ3n) is 2.56. The molecule has 2 aromatic rings. The first kappa shape index (κ1) is 11.4. The molecule has 1 aromatic carbocycles. The van der Waals surface area contributed by atoms with E-state index in [0.717, 1.165) is 5.39 Å². The Balaban J connectivity index is 2.54. The van der Waals surface area contributed by atoms with E-state index in [-0.39, 0.29) is 5.78 Å². The summed E-state index contributed by atoms with van der Waals surface area (Å²) in [5, 5.41) is 0.906. The maximum Gasteiger partial charge on any atom is 0.418 e. The van der Waals surface area contributed by atoms with E-state index in [1.807, 2.05) is 12.1 Å². The molecule has 0 saturated carbocycles. The number of hydrogen-bond acceptors (Lipinski definition) is 3. The molecule has 0 aliphatic carbocycles. The lowest BCUT2D eigenvalue weighted by Crippen LogP contribution is -2.12. The van der Waals surface area contributed by atoms with Gasteiger partial charge in [0.25, 0.3) is 0 Å². The standard InChI is InChI=1S/C13H13NO3/c1-3-17-13(16)14-7-6-10-4-5-11(9(2)15)8-12(10)14/h4-8H,3H2,1-2H3. The van der Waals surface area contributed by atoms with Crippen LogP contribution in [0.25, 0.3) is 10.9 Å². The van der Waals surface area contributed by atoms with Gasteiger partial charge >= 0.3 is 6.09 Å². The lowest BCUT2D eigenvalue weighted by Gasteiger charge is -2.04. The van der Waals surface area contributed by atoms with Crippen molar-refractivity contribution in [2.75, 3.05) is 6.61 Å². The minimum Gasteiger partial charge on any atom is -0.449 e.